The first-order valence-electron chi connectivity index (χ1n) is 10.6. The highest BCUT2D eigenvalue weighted by Crippen LogP contribution is 2.26. The molecule has 1 aromatic carbocycles. The fraction of sp³-hybridized carbons (Fsp3) is 0.619. The Bertz CT molecular complexity index is 820. The molecule has 0 spiro atoms. The number of hydrogen-bond donors (Lipinski definition) is 0. The van der Waals surface area contributed by atoms with Crippen LogP contribution in [0.3, 0.4) is 0 Å². The Morgan fingerprint density at radius 3 is 2.03 bits per heavy atom. The maximum Gasteiger partial charge on any atom is 0.253 e. The molecular formula is C21H31N3O4S. The molecule has 160 valence electrons. The fourth-order valence-corrected chi connectivity index (χ4v) is 5.62. The quantitative estimate of drug-likeness (QED) is 0.705. The van der Waals surface area contributed by atoms with Crippen molar-refractivity contribution in [1.82, 2.24) is 14.1 Å². The van der Waals surface area contributed by atoms with Gasteiger partial charge in [0.25, 0.3) is 5.91 Å². The molecule has 2 aliphatic rings. The minimum atomic E-state index is -3.62. The minimum Gasteiger partial charge on any atom is -0.342 e. The Morgan fingerprint density at radius 2 is 1.52 bits per heavy atom. The molecular weight excluding hydrogens is 390 g/mol. The van der Waals surface area contributed by atoms with E-state index in [0.29, 0.717) is 44.6 Å². The van der Waals surface area contributed by atoms with Gasteiger partial charge in [0.2, 0.25) is 15.9 Å². The highest BCUT2D eigenvalue weighted by Gasteiger charge is 2.34. The first kappa shape index (κ1) is 21.8. The molecule has 7 nitrogen and oxygen atoms in total. The lowest BCUT2D eigenvalue weighted by molar-refractivity contribution is -0.135. The number of rotatable bonds is 6. The van der Waals surface area contributed by atoms with E-state index in [1.54, 1.807) is 17.0 Å². The molecule has 0 aromatic heterocycles. The minimum absolute atomic E-state index is 0.0754. The lowest BCUT2D eigenvalue weighted by atomic mass is 9.97. The topological polar surface area (TPSA) is 78.0 Å². The van der Waals surface area contributed by atoms with E-state index < -0.39 is 10.0 Å². The van der Waals surface area contributed by atoms with Gasteiger partial charge in [0.05, 0.1) is 4.90 Å². The Morgan fingerprint density at radius 1 is 0.966 bits per heavy atom. The Hall–Kier alpha value is -1.93. The van der Waals surface area contributed by atoms with E-state index in [1.807, 2.05) is 18.7 Å². The van der Waals surface area contributed by atoms with Crippen LogP contribution < -0.4 is 0 Å². The number of benzene rings is 1. The van der Waals surface area contributed by atoms with Crippen molar-refractivity contribution in [3.05, 3.63) is 29.8 Å². The third kappa shape index (κ3) is 4.64. The van der Waals surface area contributed by atoms with Gasteiger partial charge in [-0.2, -0.15) is 4.31 Å². The summed E-state index contributed by atoms with van der Waals surface area (Å²) < 4.78 is 27.4. The summed E-state index contributed by atoms with van der Waals surface area (Å²) in [6, 6.07) is 6.18. The molecule has 29 heavy (non-hydrogen) atoms. The van der Waals surface area contributed by atoms with Gasteiger partial charge in [-0.05, 0) is 63.8 Å². The lowest BCUT2D eigenvalue weighted by Gasteiger charge is -2.32. The van der Waals surface area contributed by atoms with Crippen LogP contribution in [0.1, 0.15) is 49.9 Å². The molecule has 0 saturated carbocycles. The van der Waals surface area contributed by atoms with Crippen molar-refractivity contribution in [3.63, 3.8) is 0 Å². The number of amides is 2. The second kappa shape index (κ2) is 9.26. The Labute approximate surface area is 173 Å². The van der Waals surface area contributed by atoms with Gasteiger partial charge >= 0.3 is 0 Å². The summed E-state index contributed by atoms with van der Waals surface area (Å²) >= 11 is 0. The first-order valence-corrected chi connectivity index (χ1v) is 12.0. The third-order valence-corrected chi connectivity index (χ3v) is 7.92. The van der Waals surface area contributed by atoms with Gasteiger partial charge in [0, 0.05) is 50.7 Å². The van der Waals surface area contributed by atoms with Gasteiger partial charge in [-0.15, -0.1) is 0 Å². The van der Waals surface area contributed by atoms with E-state index in [4.69, 9.17) is 0 Å². The van der Waals surface area contributed by atoms with Gasteiger partial charge in [0.15, 0.2) is 0 Å². The Kier molecular flexibility index (Phi) is 6.95. The average Bonchev–Trinajstić information content (AvgIpc) is 3.29. The zero-order valence-corrected chi connectivity index (χ0v) is 18.2. The van der Waals surface area contributed by atoms with Gasteiger partial charge in [-0.3, -0.25) is 9.59 Å². The summed E-state index contributed by atoms with van der Waals surface area (Å²) in [5, 5.41) is 0. The SMILES string of the molecule is CCN(CC)C(=O)c1ccc(S(=O)(=O)N2CCC(C(=O)N3CCCC3)CC2)cc1. The molecule has 0 radical (unpaired) electrons. The van der Waals surface area contributed by atoms with Crippen LogP contribution in [0.5, 0.6) is 0 Å². The van der Waals surface area contributed by atoms with E-state index >= 15 is 0 Å². The van der Waals surface area contributed by atoms with Crippen LogP contribution in [-0.2, 0) is 14.8 Å². The smallest absolute Gasteiger partial charge is 0.253 e. The number of carbonyl (C=O) groups excluding carboxylic acids is 2. The van der Waals surface area contributed by atoms with E-state index in [-0.39, 0.29) is 22.6 Å². The van der Waals surface area contributed by atoms with Gasteiger partial charge in [0.1, 0.15) is 0 Å². The number of piperidine rings is 1. The van der Waals surface area contributed by atoms with Crippen molar-refractivity contribution < 1.29 is 18.0 Å². The first-order chi connectivity index (χ1) is 13.9. The molecule has 2 amide bonds. The van der Waals surface area contributed by atoms with Crippen molar-refractivity contribution in [2.24, 2.45) is 5.92 Å². The molecule has 0 atom stereocenters. The number of likely N-dealkylation sites (tertiary alicyclic amines) is 1. The molecule has 0 bridgehead atoms. The predicted molar refractivity (Wildman–Crippen MR) is 111 cm³/mol. The van der Waals surface area contributed by atoms with E-state index in [1.165, 1.54) is 16.4 Å². The molecule has 3 rings (SSSR count). The third-order valence-electron chi connectivity index (χ3n) is 6.01. The molecule has 0 unspecified atom stereocenters. The van der Waals surface area contributed by atoms with Gasteiger partial charge in [-0.1, -0.05) is 0 Å². The summed E-state index contributed by atoms with van der Waals surface area (Å²) in [5.74, 6) is 0.00706. The van der Waals surface area contributed by atoms with Crippen molar-refractivity contribution >= 4 is 21.8 Å². The fourth-order valence-electron chi connectivity index (χ4n) is 4.15. The van der Waals surface area contributed by atoms with Crippen LogP contribution in [-0.4, -0.2) is 73.6 Å². The van der Waals surface area contributed by atoms with Crippen LogP contribution in [0.25, 0.3) is 0 Å². The summed E-state index contributed by atoms with van der Waals surface area (Å²) in [6.07, 6.45) is 3.25. The summed E-state index contributed by atoms with van der Waals surface area (Å²) in [6.45, 7) is 7.42. The molecule has 2 aliphatic heterocycles. The number of hydrogen-bond acceptors (Lipinski definition) is 4. The number of sulfonamides is 1. The standard InChI is InChI=1S/C21H31N3O4S/c1-3-22(4-2)20(25)17-7-9-19(10-8-17)29(27,28)24-15-11-18(12-16-24)21(26)23-13-5-6-14-23/h7-10,18H,3-6,11-16H2,1-2H3. The molecule has 0 aliphatic carbocycles. The van der Waals surface area contributed by atoms with Gasteiger partial charge < -0.3 is 9.80 Å². The highest BCUT2D eigenvalue weighted by atomic mass is 32.2. The zero-order chi connectivity index (χ0) is 21.0. The average molecular weight is 422 g/mol. The van der Waals surface area contributed by atoms with Crippen molar-refractivity contribution in [2.75, 3.05) is 39.3 Å². The summed E-state index contributed by atoms with van der Waals surface area (Å²) in [5.41, 5.74) is 0.488. The largest absolute Gasteiger partial charge is 0.342 e. The molecule has 2 fully saturated rings. The highest BCUT2D eigenvalue weighted by molar-refractivity contribution is 7.89. The number of carbonyl (C=O) groups is 2. The molecule has 2 saturated heterocycles. The van der Waals surface area contributed by atoms with E-state index in [2.05, 4.69) is 0 Å². The normalized spacial score (nSPS) is 18.8. The van der Waals surface area contributed by atoms with Crippen LogP contribution in [0.15, 0.2) is 29.2 Å². The van der Waals surface area contributed by atoms with E-state index in [0.717, 1.165) is 25.9 Å². The molecule has 8 heteroatoms. The summed E-state index contributed by atoms with van der Waals surface area (Å²) in [4.78, 5) is 28.8. The van der Waals surface area contributed by atoms with Crippen molar-refractivity contribution in [3.8, 4) is 0 Å². The number of nitrogens with zero attached hydrogens (tertiary/aromatic N) is 3. The zero-order valence-electron chi connectivity index (χ0n) is 17.3. The Balaban J connectivity index is 1.64. The van der Waals surface area contributed by atoms with Crippen molar-refractivity contribution in [1.29, 1.82) is 0 Å². The monoisotopic (exact) mass is 421 g/mol. The molecule has 0 N–H and O–H groups in total. The molecule has 1 aromatic rings. The molecule has 2 heterocycles. The van der Waals surface area contributed by atoms with Crippen molar-refractivity contribution in [2.45, 2.75) is 44.4 Å². The van der Waals surface area contributed by atoms with Crippen LogP contribution in [0.4, 0.5) is 0 Å². The van der Waals surface area contributed by atoms with Crippen LogP contribution in [0, 0.1) is 5.92 Å². The van der Waals surface area contributed by atoms with Crippen LogP contribution in [0.2, 0.25) is 0 Å². The predicted octanol–water partition coefficient (Wildman–Crippen LogP) is 2.19. The summed E-state index contributed by atoms with van der Waals surface area (Å²) in [7, 11) is -3.62. The second-order valence-corrected chi connectivity index (χ2v) is 9.65. The lowest BCUT2D eigenvalue weighted by Crippen LogP contribution is -2.43. The van der Waals surface area contributed by atoms with E-state index in [9.17, 15) is 18.0 Å². The maximum atomic E-state index is 13.0. The van der Waals surface area contributed by atoms with Gasteiger partial charge in [-0.25, -0.2) is 8.42 Å². The second-order valence-electron chi connectivity index (χ2n) is 7.71. The maximum absolute atomic E-state index is 13.0. The van der Waals surface area contributed by atoms with Crippen LogP contribution >= 0.6 is 0 Å².